The molecule has 0 aliphatic heterocycles. The van der Waals surface area contributed by atoms with Gasteiger partial charge in [0.25, 0.3) is 5.91 Å². The first-order valence-corrected chi connectivity index (χ1v) is 10.5. The fraction of sp³-hybridized carbons (Fsp3) is 0.192. The van der Waals surface area contributed by atoms with Gasteiger partial charge in [0.05, 0.1) is 0 Å². The number of furan rings is 1. The van der Waals surface area contributed by atoms with Crippen molar-refractivity contribution in [3.05, 3.63) is 93.2 Å². The van der Waals surface area contributed by atoms with E-state index in [2.05, 4.69) is 11.4 Å². The first kappa shape index (κ1) is 21.0. The second kappa shape index (κ2) is 8.48. The molecule has 158 valence electrons. The molecule has 4 rings (SSSR count). The van der Waals surface area contributed by atoms with Gasteiger partial charge in [-0.25, -0.2) is 0 Å². The number of nitrogens with one attached hydrogen (secondary N) is 1. The first-order chi connectivity index (χ1) is 14.8. The minimum Gasteiger partial charge on any atom is -0.457 e. The van der Waals surface area contributed by atoms with Crippen LogP contribution in [0.2, 0.25) is 5.02 Å². The van der Waals surface area contributed by atoms with E-state index in [1.54, 1.807) is 0 Å². The summed E-state index contributed by atoms with van der Waals surface area (Å²) in [5.74, 6) is 1.59. The van der Waals surface area contributed by atoms with E-state index in [1.807, 2.05) is 76.2 Å². The van der Waals surface area contributed by atoms with Gasteiger partial charge < -0.3 is 14.5 Å². The topological polar surface area (TPSA) is 51.5 Å². The van der Waals surface area contributed by atoms with E-state index in [0.717, 1.165) is 50.3 Å². The molecule has 4 aromatic rings. The summed E-state index contributed by atoms with van der Waals surface area (Å²) < 4.78 is 11.7. The zero-order chi connectivity index (χ0) is 22.1. The van der Waals surface area contributed by atoms with Crippen LogP contribution in [0.3, 0.4) is 0 Å². The molecule has 1 heterocycles. The molecule has 0 radical (unpaired) electrons. The van der Waals surface area contributed by atoms with E-state index in [9.17, 15) is 4.79 Å². The van der Waals surface area contributed by atoms with Crippen LogP contribution in [0.25, 0.3) is 11.0 Å². The summed E-state index contributed by atoms with van der Waals surface area (Å²) in [6.45, 7) is 8.31. The average Bonchev–Trinajstić information content (AvgIpc) is 3.06. The van der Waals surface area contributed by atoms with Crippen LogP contribution in [-0.4, -0.2) is 5.91 Å². The van der Waals surface area contributed by atoms with Crippen LogP contribution >= 0.6 is 11.6 Å². The number of hydrogen-bond donors (Lipinski definition) is 1. The smallest absolute Gasteiger partial charge is 0.287 e. The zero-order valence-electron chi connectivity index (χ0n) is 18.0. The summed E-state index contributed by atoms with van der Waals surface area (Å²) in [6, 6.07) is 17.2. The van der Waals surface area contributed by atoms with Gasteiger partial charge >= 0.3 is 0 Å². The lowest BCUT2D eigenvalue weighted by Crippen LogP contribution is -2.22. The van der Waals surface area contributed by atoms with Crippen LogP contribution in [0.4, 0.5) is 0 Å². The van der Waals surface area contributed by atoms with Crippen LogP contribution in [-0.2, 0) is 6.54 Å². The second-order valence-corrected chi connectivity index (χ2v) is 8.26. The molecule has 0 unspecified atom stereocenters. The third kappa shape index (κ3) is 4.44. The molecular formula is C26H24ClNO3. The summed E-state index contributed by atoms with van der Waals surface area (Å²) >= 11 is 6.06. The highest BCUT2D eigenvalue weighted by atomic mass is 35.5. The highest BCUT2D eigenvalue weighted by Crippen LogP contribution is 2.29. The molecular weight excluding hydrogens is 410 g/mol. The summed E-state index contributed by atoms with van der Waals surface area (Å²) in [4.78, 5) is 12.7. The van der Waals surface area contributed by atoms with Crippen molar-refractivity contribution in [2.45, 2.75) is 34.2 Å². The summed E-state index contributed by atoms with van der Waals surface area (Å²) in [5, 5.41) is 4.67. The minimum absolute atomic E-state index is 0.220. The van der Waals surface area contributed by atoms with Gasteiger partial charge in [-0.15, -0.1) is 0 Å². The number of fused-ring (bicyclic) bond motifs is 1. The zero-order valence-corrected chi connectivity index (χ0v) is 18.8. The Labute approximate surface area is 186 Å². The van der Waals surface area contributed by atoms with Gasteiger partial charge in [0.2, 0.25) is 0 Å². The molecule has 1 aromatic heterocycles. The number of benzene rings is 3. The standard InChI is InChI=1S/C26H24ClNO3/c1-15-11-17(3)24-18(4)25(31-23(24)12-15)26(29)28-14-19-5-7-20(8-6-19)30-21-9-10-22(27)16(2)13-21/h5-13H,14H2,1-4H3,(H,28,29). The molecule has 5 heteroatoms. The van der Waals surface area contributed by atoms with Crippen molar-refractivity contribution in [3.8, 4) is 11.5 Å². The van der Waals surface area contributed by atoms with Crippen LogP contribution in [0.15, 0.2) is 59.0 Å². The third-order valence-electron chi connectivity index (χ3n) is 5.32. The lowest BCUT2D eigenvalue weighted by atomic mass is 10.0. The van der Waals surface area contributed by atoms with Gasteiger partial charge in [0.1, 0.15) is 17.1 Å². The molecule has 0 bridgehead atoms. The third-order valence-corrected chi connectivity index (χ3v) is 5.74. The molecule has 0 saturated heterocycles. The van der Waals surface area contributed by atoms with Crippen LogP contribution in [0.1, 0.15) is 38.4 Å². The number of ether oxygens (including phenoxy) is 1. The lowest BCUT2D eigenvalue weighted by molar-refractivity contribution is 0.0924. The van der Waals surface area contributed by atoms with Crippen molar-refractivity contribution < 1.29 is 13.9 Å². The molecule has 3 aromatic carbocycles. The van der Waals surface area contributed by atoms with E-state index in [4.69, 9.17) is 20.8 Å². The molecule has 4 nitrogen and oxygen atoms in total. The van der Waals surface area contributed by atoms with Crippen LogP contribution in [0, 0.1) is 27.7 Å². The number of rotatable bonds is 5. The Balaban J connectivity index is 1.43. The number of halogens is 1. The SMILES string of the molecule is Cc1cc(C)c2c(C)c(C(=O)NCc3ccc(Oc4ccc(Cl)c(C)c4)cc3)oc2c1. The quantitative estimate of drug-likeness (QED) is 0.367. The number of aryl methyl sites for hydroxylation is 4. The number of carbonyl (C=O) groups is 1. The van der Waals surface area contributed by atoms with E-state index in [-0.39, 0.29) is 5.91 Å². The number of hydrogen-bond acceptors (Lipinski definition) is 3. The van der Waals surface area contributed by atoms with E-state index >= 15 is 0 Å². The molecule has 1 amide bonds. The van der Waals surface area contributed by atoms with Crippen LogP contribution < -0.4 is 10.1 Å². The highest BCUT2D eigenvalue weighted by molar-refractivity contribution is 6.31. The number of carbonyl (C=O) groups excluding carboxylic acids is 1. The summed E-state index contributed by atoms with van der Waals surface area (Å²) in [5.41, 5.74) is 5.77. The predicted molar refractivity (Wildman–Crippen MR) is 124 cm³/mol. The Bertz CT molecular complexity index is 1270. The molecule has 0 spiro atoms. The normalized spacial score (nSPS) is 11.0. The number of amides is 1. The Kier molecular flexibility index (Phi) is 5.75. The predicted octanol–water partition coefficient (Wildman–Crippen LogP) is 7.04. The molecule has 0 fully saturated rings. The molecule has 1 N–H and O–H groups in total. The second-order valence-electron chi connectivity index (χ2n) is 7.85. The maximum Gasteiger partial charge on any atom is 0.287 e. The molecule has 0 aliphatic carbocycles. The van der Waals surface area contributed by atoms with Gasteiger partial charge in [-0.3, -0.25) is 4.79 Å². The first-order valence-electron chi connectivity index (χ1n) is 10.1. The summed E-state index contributed by atoms with van der Waals surface area (Å²) in [6.07, 6.45) is 0. The molecule has 0 saturated carbocycles. The monoisotopic (exact) mass is 433 g/mol. The van der Waals surface area contributed by atoms with Crippen molar-refractivity contribution in [3.63, 3.8) is 0 Å². The van der Waals surface area contributed by atoms with Crippen molar-refractivity contribution in [2.75, 3.05) is 0 Å². The molecule has 0 aliphatic rings. The Morgan fingerprint density at radius 1 is 0.935 bits per heavy atom. The Morgan fingerprint density at radius 2 is 1.65 bits per heavy atom. The van der Waals surface area contributed by atoms with Crippen molar-refractivity contribution in [1.29, 1.82) is 0 Å². The van der Waals surface area contributed by atoms with E-state index in [0.29, 0.717) is 17.3 Å². The van der Waals surface area contributed by atoms with Gasteiger partial charge in [-0.1, -0.05) is 29.8 Å². The van der Waals surface area contributed by atoms with Gasteiger partial charge in [-0.05, 0) is 86.3 Å². The van der Waals surface area contributed by atoms with E-state index in [1.165, 1.54) is 0 Å². The highest BCUT2D eigenvalue weighted by Gasteiger charge is 2.19. The van der Waals surface area contributed by atoms with Gasteiger partial charge in [0, 0.05) is 22.5 Å². The fourth-order valence-corrected chi connectivity index (χ4v) is 3.88. The molecule has 31 heavy (non-hydrogen) atoms. The summed E-state index contributed by atoms with van der Waals surface area (Å²) in [7, 11) is 0. The largest absolute Gasteiger partial charge is 0.457 e. The average molecular weight is 434 g/mol. The lowest BCUT2D eigenvalue weighted by Gasteiger charge is -2.09. The van der Waals surface area contributed by atoms with Crippen molar-refractivity contribution in [1.82, 2.24) is 5.32 Å². The van der Waals surface area contributed by atoms with E-state index < -0.39 is 0 Å². The Morgan fingerprint density at radius 3 is 2.35 bits per heavy atom. The van der Waals surface area contributed by atoms with Crippen LogP contribution in [0.5, 0.6) is 11.5 Å². The van der Waals surface area contributed by atoms with Gasteiger partial charge in [-0.2, -0.15) is 0 Å². The van der Waals surface area contributed by atoms with Crippen molar-refractivity contribution >= 4 is 28.5 Å². The fourth-order valence-electron chi connectivity index (χ4n) is 3.76. The maximum absolute atomic E-state index is 12.7. The minimum atomic E-state index is -0.220. The van der Waals surface area contributed by atoms with Crippen molar-refractivity contribution in [2.24, 2.45) is 0 Å². The van der Waals surface area contributed by atoms with Gasteiger partial charge in [0.15, 0.2) is 5.76 Å². The Hall–Kier alpha value is -3.24. The molecule has 0 atom stereocenters. The maximum atomic E-state index is 12.7.